The van der Waals surface area contributed by atoms with Gasteiger partial charge < -0.3 is 16.4 Å². The Balaban J connectivity index is 2.64. The summed E-state index contributed by atoms with van der Waals surface area (Å²) in [4.78, 5) is 23.6. The molecule has 0 aromatic heterocycles. The fraction of sp³-hybridized carbons (Fsp3) is 0.467. The number of rotatable bonds is 6. The van der Waals surface area contributed by atoms with E-state index in [1.165, 1.54) is 0 Å². The number of nitrogens with two attached hydrogens (primary N) is 1. The zero-order valence-corrected chi connectivity index (χ0v) is 12.3. The lowest BCUT2D eigenvalue weighted by atomic mass is 10.1. The zero-order valence-electron chi connectivity index (χ0n) is 12.3. The SMILES string of the molecule is CC(N)CCC(=O)Nc1cccc(C(=O)NC(C)C)c1. The first-order valence-electron chi connectivity index (χ1n) is 6.85. The number of amides is 2. The average Bonchev–Trinajstić information content (AvgIpc) is 2.36. The van der Waals surface area contributed by atoms with Gasteiger partial charge >= 0.3 is 0 Å². The molecule has 0 aliphatic rings. The van der Waals surface area contributed by atoms with Crippen molar-refractivity contribution in [2.24, 2.45) is 5.73 Å². The minimum Gasteiger partial charge on any atom is -0.350 e. The molecule has 2 amide bonds. The van der Waals surface area contributed by atoms with Crippen LogP contribution in [0.1, 0.15) is 44.0 Å². The van der Waals surface area contributed by atoms with Gasteiger partial charge in [0, 0.05) is 29.8 Å². The molecule has 0 bridgehead atoms. The molecule has 1 aromatic carbocycles. The Morgan fingerprint density at radius 1 is 1.25 bits per heavy atom. The normalized spacial score (nSPS) is 12.1. The molecule has 5 heteroatoms. The van der Waals surface area contributed by atoms with E-state index < -0.39 is 0 Å². The number of carbonyl (C=O) groups excluding carboxylic acids is 2. The van der Waals surface area contributed by atoms with Crippen molar-refractivity contribution in [3.05, 3.63) is 29.8 Å². The van der Waals surface area contributed by atoms with Crippen molar-refractivity contribution in [2.45, 2.75) is 45.7 Å². The molecular weight excluding hydrogens is 254 g/mol. The molecule has 110 valence electrons. The monoisotopic (exact) mass is 277 g/mol. The van der Waals surface area contributed by atoms with Crippen molar-refractivity contribution in [2.75, 3.05) is 5.32 Å². The van der Waals surface area contributed by atoms with Crippen molar-refractivity contribution in [3.63, 3.8) is 0 Å². The van der Waals surface area contributed by atoms with E-state index in [1.807, 2.05) is 20.8 Å². The highest BCUT2D eigenvalue weighted by atomic mass is 16.2. The van der Waals surface area contributed by atoms with E-state index in [0.717, 1.165) is 0 Å². The second kappa shape index (κ2) is 7.65. The van der Waals surface area contributed by atoms with Crippen molar-refractivity contribution >= 4 is 17.5 Å². The van der Waals surface area contributed by atoms with Crippen molar-refractivity contribution in [1.29, 1.82) is 0 Å². The van der Waals surface area contributed by atoms with Gasteiger partial charge in [-0.1, -0.05) is 6.07 Å². The highest BCUT2D eigenvalue weighted by Crippen LogP contribution is 2.11. The number of carbonyl (C=O) groups is 2. The summed E-state index contributed by atoms with van der Waals surface area (Å²) in [5.41, 5.74) is 6.76. The fourth-order valence-electron chi connectivity index (χ4n) is 1.67. The first kappa shape index (κ1) is 16.2. The van der Waals surface area contributed by atoms with Gasteiger partial charge in [0.25, 0.3) is 5.91 Å². The van der Waals surface area contributed by atoms with E-state index in [0.29, 0.717) is 24.1 Å². The van der Waals surface area contributed by atoms with Crippen LogP contribution in [0.3, 0.4) is 0 Å². The van der Waals surface area contributed by atoms with Crippen LogP contribution in [0.2, 0.25) is 0 Å². The third kappa shape index (κ3) is 5.84. The topological polar surface area (TPSA) is 84.2 Å². The van der Waals surface area contributed by atoms with Crippen LogP contribution in [0.4, 0.5) is 5.69 Å². The summed E-state index contributed by atoms with van der Waals surface area (Å²) in [6.07, 6.45) is 1.01. The molecule has 0 heterocycles. The molecule has 0 aliphatic carbocycles. The van der Waals surface area contributed by atoms with Crippen molar-refractivity contribution in [3.8, 4) is 0 Å². The molecule has 0 radical (unpaired) electrons. The number of benzene rings is 1. The quantitative estimate of drug-likeness (QED) is 0.742. The van der Waals surface area contributed by atoms with Gasteiger partial charge in [-0.2, -0.15) is 0 Å². The summed E-state index contributed by atoms with van der Waals surface area (Å²) in [6, 6.07) is 6.97. The van der Waals surface area contributed by atoms with Crippen LogP contribution in [0.5, 0.6) is 0 Å². The van der Waals surface area contributed by atoms with Crippen LogP contribution in [0.25, 0.3) is 0 Å². The smallest absolute Gasteiger partial charge is 0.251 e. The Hall–Kier alpha value is -1.88. The van der Waals surface area contributed by atoms with Crippen LogP contribution in [0, 0.1) is 0 Å². The Morgan fingerprint density at radius 2 is 1.95 bits per heavy atom. The molecular formula is C15H23N3O2. The van der Waals surface area contributed by atoms with E-state index in [9.17, 15) is 9.59 Å². The van der Waals surface area contributed by atoms with Crippen LogP contribution < -0.4 is 16.4 Å². The highest BCUT2D eigenvalue weighted by Gasteiger charge is 2.09. The first-order valence-corrected chi connectivity index (χ1v) is 6.85. The molecule has 0 aliphatic heterocycles. The second-order valence-corrected chi connectivity index (χ2v) is 5.27. The Bertz CT molecular complexity index is 470. The highest BCUT2D eigenvalue weighted by molar-refractivity contribution is 5.97. The van der Waals surface area contributed by atoms with E-state index >= 15 is 0 Å². The zero-order chi connectivity index (χ0) is 15.1. The summed E-state index contributed by atoms with van der Waals surface area (Å²) in [5, 5.41) is 5.58. The molecule has 5 nitrogen and oxygen atoms in total. The third-order valence-electron chi connectivity index (χ3n) is 2.66. The number of nitrogens with one attached hydrogen (secondary N) is 2. The van der Waals surface area contributed by atoms with Crippen LogP contribution in [-0.4, -0.2) is 23.9 Å². The van der Waals surface area contributed by atoms with E-state index in [1.54, 1.807) is 24.3 Å². The maximum Gasteiger partial charge on any atom is 0.251 e. The summed E-state index contributed by atoms with van der Waals surface area (Å²) < 4.78 is 0. The summed E-state index contributed by atoms with van der Waals surface area (Å²) in [5.74, 6) is -0.240. The third-order valence-corrected chi connectivity index (χ3v) is 2.66. The molecule has 0 saturated heterocycles. The molecule has 20 heavy (non-hydrogen) atoms. The van der Waals surface area contributed by atoms with Crippen LogP contribution in [-0.2, 0) is 4.79 Å². The maximum atomic E-state index is 11.9. The Labute approximate surface area is 119 Å². The molecule has 0 saturated carbocycles. The van der Waals surface area contributed by atoms with Gasteiger partial charge in [0.15, 0.2) is 0 Å². The maximum absolute atomic E-state index is 11.9. The van der Waals surface area contributed by atoms with Gasteiger partial charge in [0.05, 0.1) is 0 Å². The average molecular weight is 277 g/mol. The van der Waals surface area contributed by atoms with Gasteiger partial charge in [0.1, 0.15) is 0 Å². The standard InChI is InChI=1S/C15H23N3O2/c1-10(2)17-15(20)12-5-4-6-13(9-12)18-14(19)8-7-11(3)16/h4-6,9-11H,7-8,16H2,1-3H3,(H,17,20)(H,18,19). The minimum atomic E-state index is -0.147. The molecule has 0 fully saturated rings. The lowest BCUT2D eigenvalue weighted by Crippen LogP contribution is -2.30. The number of hydrogen-bond acceptors (Lipinski definition) is 3. The van der Waals surface area contributed by atoms with Gasteiger partial charge in [-0.15, -0.1) is 0 Å². The van der Waals surface area contributed by atoms with Gasteiger partial charge in [-0.05, 0) is 45.4 Å². The van der Waals surface area contributed by atoms with E-state index in [2.05, 4.69) is 10.6 Å². The lowest BCUT2D eigenvalue weighted by Gasteiger charge is -2.10. The van der Waals surface area contributed by atoms with Gasteiger partial charge in [-0.25, -0.2) is 0 Å². The molecule has 0 spiro atoms. The van der Waals surface area contributed by atoms with E-state index in [-0.39, 0.29) is 23.9 Å². The Kier molecular flexibility index (Phi) is 6.18. The molecule has 4 N–H and O–H groups in total. The molecule has 1 aromatic rings. The fourth-order valence-corrected chi connectivity index (χ4v) is 1.67. The summed E-state index contributed by atoms with van der Waals surface area (Å²) >= 11 is 0. The van der Waals surface area contributed by atoms with Crippen LogP contribution in [0.15, 0.2) is 24.3 Å². The largest absolute Gasteiger partial charge is 0.350 e. The predicted octanol–water partition coefficient (Wildman–Crippen LogP) is 1.89. The first-order chi connectivity index (χ1) is 9.38. The number of hydrogen-bond donors (Lipinski definition) is 3. The van der Waals surface area contributed by atoms with Crippen LogP contribution >= 0.6 is 0 Å². The van der Waals surface area contributed by atoms with Crippen molar-refractivity contribution < 1.29 is 9.59 Å². The molecule has 1 atom stereocenters. The predicted molar refractivity (Wildman–Crippen MR) is 80.6 cm³/mol. The number of anilines is 1. The summed E-state index contributed by atoms with van der Waals surface area (Å²) in [7, 11) is 0. The molecule has 1 unspecified atom stereocenters. The summed E-state index contributed by atoms with van der Waals surface area (Å²) in [6.45, 7) is 5.67. The second-order valence-electron chi connectivity index (χ2n) is 5.27. The lowest BCUT2D eigenvalue weighted by molar-refractivity contribution is -0.116. The molecule has 1 rings (SSSR count). The van der Waals surface area contributed by atoms with Gasteiger partial charge in [-0.3, -0.25) is 9.59 Å². The minimum absolute atomic E-state index is 0.00361. The van der Waals surface area contributed by atoms with E-state index in [4.69, 9.17) is 5.73 Å². The van der Waals surface area contributed by atoms with Crippen molar-refractivity contribution in [1.82, 2.24) is 5.32 Å². The Morgan fingerprint density at radius 3 is 2.55 bits per heavy atom. The van der Waals surface area contributed by atoms with Gasteiger partial charge in [0.2, 0.25) is 5.91 Å².